The Bertz CT molecular complexity index is 437. The molecule has 0 amide bonds. The van der Waals surface area contributed by atoms with Gasteiger partial charge in [-0.3, -0.25) is 4.98 Å². The van der Waals surface area contributed by atoms with Crippen LogP contribution < -0.4 is 0 Å². The number of aliphatic hydroxyl groups excluding tert-OH is 1. The van der Waals surface area contributed by atoms with Crippen molar-refractivity contribution in [2.24, 2.45) is 0 Å². The lowest BCUT2D eigenvalue weighted by molar-refractivity contribution is 0.194. The summed E-state index contributed by atoms with van der Waals surface area (Å²) in [6, 6.07) is 15.6. The largest absolute Gasteiger partial charge is 0.387 e. The highest BCUT2D eigenvalue weighted by Gasteiger charge is 2.04. The van der Waals surface area contributed by atoms with E-state index in [1.165, 1.54) is 0 Å². The van der Waals surface area contributed by atoms with Gasteiger partial charge in [0.1, 0.15) is 0 Å². The predicted octanol–water partition coefficient (Wildman–Crippen LogP) is 2.80. The molecule has 0 aliphatic carbocycles. The molecule has 2 heteroatoms. The Balaban J connectivity index is 2.42. The van der Waals surface area contributed by atoms with Gasteiger partial charge in [-0.15, -0.1) is 0 Å². The van der Waals surface area contributed by atoms with Gasteiger partial charge in [0, 0.05) is 5.56 Å². The molecule has 1 N–H and O–H groups in total. The highest BCUT2D eigenvalue weighted by Crippen LogP contribution is 2.18. The molecule has 0 radical (unpaired) electrons. The maximum absolute atomic E-state index is 9.43. The van der Waals surface area contributed by atoms with Gasteiger partial charge in [0.15, 0.2) is 0 Å². The van der Waals surface area contributed by atoms with Gasteiger partial charge in [0.05, 0.1) is 17.5 Å². The second-order valence-corrected chi connectivity index (χ2v) is 3.49. The molecule has 0 saturated heterocycles. The number of nitrogens with zero attached hydrogens (tertiary/aromatic N) is 1. The fourth-order valence-electron chi connectivity index (χ4n) is 1.45. The number of hydrogen-bond acceptors (Lipinski definition) is 2. The van der Waals surface area contributed by atoms with Gasteiger partial charge in [-0.05, 0) is 19.1 Å². The van der Waals surface area contributed by atoms with E-state index in [4.69, 9.17) is 0 Å². The minimum atomic E-state index is -0.520. The smallest absolute Gasteiger partial charge is 0.0932 e. The molecule has 15 heavy (non-hydrogen) atoms. The van der Waals surface area contributed by atoms with Crippen molar-refractivity contribution in [3.8, 4) is 11.3 Å². The first kappa shape index (κ1) is 9.87. The molecule has 0 spiro atoms. The lowest BCUT2D eigenvalue weighted by atomic mass is 10.1. The fraction of sp³-hybridized carbons (Fsp3) is 0.154. The third kappa shape index (κ3) is 2.22. The van der Waals surface area contributed by atoms with E-state index in [-0.39, 0.29) is 0 Å². The number of pyridine rings is 1. The maximum Gasteiger partial charge on any atom is 0.0932 e. The Labute approximate surface area is 89.2 Å². The maximum atomic E-state index is 9.43. The number of aromatic nitrogens is 1. The Kier molecular flexibility index (Phi) is 2.79. The van der Waals surface area contributed by atoms with Crippen LogP contribution in [0.2, 0.25) is 0 Å². The molecule has 0 unspecified atom stereocenters. The summed E-state index contributed by atoms with van der Waals surface area (Å²) in [5.41, 5.74) is 2.67. The summed E-state index contributed by atoms with van der Waals surface area (Å²) >= 11 is 0. The molecule has 0 bridgehead atoms. The van der Waals surface area contributed by atoms with E-state index in [9.17, 15) is 5.11 Å². The van der Waals surface area contributed by atoms with Gasteiger partial charge < -0.3 is 5.11 Å². The highest BCUT2D eigenvalue weighted by atomic mass is 16.3. The summed E-state index contributed by atoms with van der Waals surface area (Å²) < 4.78 is 0. The van der Waals surface area contributed by atoms with Gasteiger partial charge >= 0.3 is 0 Å². The number of aliphatic hydroxyl groups is 1. The van der Waals surface area contributed by atoms with Crippen LogP contribution in [0.5, 0.6) is 0 Å². The lowest BCUT2D eigenvalue weighted by Crippen LogP contribution is -1.96. The average molecular weight is 199 g/mol. The summed E-state index contributed by atoms with van der Waals surface area (Å²) in [6.07, 6.45) is -0.520. The van der Waals surface area contributed by atoms with Gasteiger partial charge in [-0.1, -0.05) is 36.4 Å². The summed E-state index contributed by atoms with van der Waals surface area (Å²) in [5, 5.41) is 9.43. The van der Waals surface area contributed by atoms with Crippen molar-refractivity contribution in [3.05, 3.63) is 54.2 Å². The van der Waals surface area contributed by atoms with E-state index < -0.39 is 6.10 Å². The molecule has 0 fully saturated rings. The summed E-state index contributed by atoms with van der Waals surface area (Å²) in [4.78, 5) is 4.39. The Hall–Kier alpha value is -1.67. The first-order valence-corrected chi connectivity index (χ1v) is 4.98. The van der Waals surface area contributed by atoms with E-state index in [0.29, 0.717) is 5.69 Å². The fourth-order valence-corrected chi connectivity index (χ4v) is 1.45. The van der Waals surface area contributed by atoms with Crippen molar-refractivity contribution in [1.29, 1.82) is 0 Å². The minimum absolute atomic E-state index is 0.520. The van der Waals surface area contributed by atoms with Crippen molar-refractivity contribution < 1.29 is 5.11 Å². The van der Waals surface area contributed by atoms with Crippen LogP contribution in [-0.2, 0) is 0 Å². The quantitative estimate of drug-likeness (QED) is 0.806. The van der Waals surface area contributed by atoms with E-state index in [0.717, 1.165) is 11.3 Å². The summed E-state index contributed by atoms with van der Waals surface area (Å²) in [5.74, 6) is 0. The third-order valence-corrected chi connectivity index (χ3v) is 2.27. The van der Waals surface area contributed by atoms with Crippen LogP contribution in [0.1, 0.15) is 18.7 Å². The molecule has 1 heterocycles. The van der Waals surface area contributed by atoms with Crippen LogP contribution in [0.3, 0.4) is 0 Å². The van der Waals surface area contributed by atoms with Crippen LogP contribution in [0.15, 0.2) is 48.5 Å². The normalized spacial score (nSPS) is 12.4. The Morgan fingerprint density at radius 3 is 2.40 bits per heavy atom. The van der Waals surface area contributed by atoms with E-state index in [1.807, 2.05) is 48.5 Å². The molecule has 0 saturated carbocycles. The van der Waals surface area contributed by atoms with Crippen molar-refractivity contribution in [3.63, 3.8) is 0 Å². The first-order chi connectivity index (χ1) is 7.27. The average Bonchev–Trinajstić information content (AvgIpc) is 2.30. The van der Waals surface area contributed by atoms with Crippen molar-refractivity contribution in [2.45, 2.75) is 13.0 Å². The van der Waals surface area contributed by atoms with Crippen LogP contribution in [-0.4, -0.2) is 10.1 Å². The zero-order valence-electron chi connectivity index (χ0n) is 8.59. The molecule has 76 valence electrons. The molecular weight excluding hydrogens is 186 g/mol. The standard InChI is InChI=1S/C13H13NO/c1-10(15)12-8-5-9-13(14-12)11-6-3-2-4-7-11/h2-10,15H,1H3/t10-/m0/s1. The first-order valence-electron chi connectivity index (χ1n) is 4.98. The van der Waals surface area contributed by atoms with Gasteiger partial charge in [0.2, 0.25) is 0 Å². The summed E-state index contributed by atoms with van der Waals surface area (Å²) in [6.45, 7) is 1.72. The molecule has 2 aromatic rings. The van der Waals surface area contributed by atoms with E-state index in [1.54, 1.807) is 6.92 Å². The Morgan fingerprint density at radius 1 is 1.00 bits per heavy atom. The zero-order chi connectivity index (χ0) is 10.7. The van der Waals surface area contributed by atoms with Crippen LogP contribution >= 0.6 is 0 Å². The zero-order valence-corrected chi connectivity index (χ0v) is 8.59. The third-order valence-electron chi connectivity index (χ3n) is 2.27. The molecule has 1 atom stereocenters. The van der Waals surface area contributed by atoms with Crippen LogP contribution in [0.25, 0.3) is 11.3 Å². The van der Waals surface area contributed by atoms with Gasteiger partial charge in [-0.25, -0.2) is 0 Å². The monoisotopic (exact) mass is 199 g/mol. The molecule has 1 aromatic carbocycles. The highest BCUT2D eigenvalue weighted by molar-refractivity contribution is 5.58. The topological polar surface area (TPSA) is 33.1 Å². The lowest BCUT2D eigenvalue weighted by Gasteiger charge is -2.06. The Morgan fingerprint density at radius 2 is 1.73 bits per heavy atom. The van der Waals surface area contributed by atoms with E-state index >= 15 is 0 Å². The van der Waals surface area contributed by atoms with Crippen LogP contribution in [0.4, 0.5) is 0 Å². The van der Waals surface area contributed by atoms with E-state index in [2.05, 4.69) is 4.98 Å². The molecular formula is C13H13NO. The van der Waals surface area contributed by atoms with Crippen LogP contribution in [0, 0.1) is 0 Å². The van der Waals surface area contributed by atoms with Crippen molar-refractivity contribution >= 4 is 0 Å². The molecule has 0 aliphatic heterocycles. The van der Waals surface area contributed by atoms with Crippen molar-refractivity contribution in [1.82, 2.24) is 4.98 Å². The molecule has 1 aromatic heterocycles. The SMILES string of the molecule is C[C@H](O)c1cccc(-c2ccccc2)n1. The minimum Gasteiger partial charge on any atom is -0.387 e. The molecule has 2 rings (SSSR count). The second kappa shape index (κ2) is 4.24. The van der Waals surface area contributed by atoms with Gasteiger partial charge in [0.25, 0.3) is 0 Å². The number of hydrogen-bond donors (Lipinski definition) is 1. The second-order valence-electron chi connectivity index (χ2n) is 3.49. The number of benzene rings is 1. The molecule has 2 nitrogen and oxygen atoms in total. The summed E-state index contributed by atoms with van der Waals surface area (Å²) in [7, 11) is 0. The predicted molar refractivity (Wildman–Crippen MR) is 60.3 cm³/mol. The molecule has 0 aliphatic rings. The van der Waals surface area contributed by atoms with Gasteiger partial charge in [-0.2, -0.15) is 0 Å². The number of rotatable bonds is 2. The van der Waals surface area contributed by atoms with Crippen molar-refractivity contribution in [2.75, 3.05) is 0 Å².